The molecule has 3 nitrogen and oxygen atoms in total. The van der Waals surface area contributed by atoms with Gasteiger partial charge < -0.3 is 9.84 Å². The second-order valence-corrected chi connectivity index (χ2v) is 3.13. The molecular formula is C12H14O3. The molecule has 0 atom stereocenters. The first-order chi connectivity index (χ1) is 7.13. The van der Waals surface area contributed by atoms with E-state index in [1.807, 2.05) is 0 Å². The molecular weight excluding hydrogens is 192 g/mol. The van der Waals surface area contributed by atoms with Crippen LogP contribution in [0, 0.1) is 6.92 Å². The molecule has 0 aromatic heterocycles. The van der Waals surface area contributed by atoms with Crippen molar-refractivity contribution in [3.8, 4) is 5.75 Å². The average Bonchev–Trinajstić information content (AvgIpc) is 2.20. The van der Waals surface area contributed by atoms with Crippen LogP contribution in [-0.4, -0.2) is 17.7 Å². The molecule has 0 radical (unpaired) electrons. The fourth-order valence-electron chi connectivity index (χ4n) is 1.14. The standard InChI is InChI=1S/C12H14O3/c1-3-15-12(14)7-5-10-4-6-11(13)9(2)8-10/h4-8,13H,3H2,1-2H3. The molecule has 0 spiro atoms. The second kappa shape index (κ2) is 5.20. The molecule has 0 aliphatic heterocycles. The number of carbonyl (C=O) groups is 1. The monoisotopic (exact) mass is 206 g/mol. The fourth-order valence-corrected chi connectivity index (χ4v) is 1.14. The van der Waals surface area contributed by atoms with E-state index in [-0.39, 0.29) is 11.7 Å². The van der Waals surface area contributed by atoms with Crippen molar-refractivity contribution in [3.63, 3.8) is 0 Å². The number of hydrogen-bond acceptors (Lipinski definition) is 3. The Bertz CT molecular complexity index is 380. The first-order valence-electron chi connectivity index (χ1n) is 4.78. The zero-order valence-corrected chi connectivity index (χ0v) is 8.86. The number of carbonyl (C=O) groups excluding carboxylic acids is 1. The number of aryl methyl sites for hydroxylation is 1. The zero-order chi connectivity index (χ0) is 11.3. The van der Waals surface area contributed by atoms with Crippen LogP contribution < -0.4 is 0 Å². The molecule has 0 unspecified atom stereocenters. The summed E-state index contributed by atoms with van der Waals surface area (Å²) in [5, 5.41) is 9.29. The van der Waals surface area contributed by atoms with Crippen LogP contribution in [0.4, 0.5) is 0 Å². The first kappa shape index (κ1) is 11.3. The van der Waals surface area contributed by atoms with Gasteiger partial charge in [-0.05, 0) is 43.2 Å². The number of hydrogen-bond donors (Lipinski definition) is 1. The summed E-state index contributed by atoms with van der Waals surface area (Å²) in [6.07, 6.45) is 3.03. The number of aromatic hydroxyl groups is 1. The predicted molar refractivity (Wildman–Crippen MR) is 58.5 cm³/mol. The van der Waals surface area contributed by atoms with E-state index in [4.69, 9.17) is 4.74 Å². The van der Waals surface area contributed by atoms with Crippen LogP contribution in [0.5, 0.6) is 5.75 Å². The topological polar surface area (TPSA) is 46.5 Å². The molecule has 0 saturated carbocycles. The number of benzene rings is 1. The van der Waals surface area contributed by atoms with E-state index >= 15 is 0 Å². The van der Waals surface area contributed by atoms with Crippen LogP contribution in [0.3, 0.4) is 0 Å². The van der Waals surface area contributed by atoms with Gasteiger partial charge >= 0.3 is 5.97 Å². The summed E-state index contributed by atoms with van der Waals surface area (Å²) in [4.78, 5) is 11.0. The molecule has 0 aliphatic carbocycles. The van der Waals surface area contributed by atoms with Crippen molar-refractivity contribution in [1.82, 2.24) is 0 Å². The summed E-state index contributed by atoms with van der Waals surface area (Å²) in [6, 6.07) is 5.13. The molecule has 0 fully saturated rings. The van der Waals surface area contributed by atoms with Crippen LogP contribution in [0.1, 0.15) is 18.1 Å². The van der Waals surface area contributed by atoms with Crippen molar-refractivity contribution in [2.45, 2.75) is 13.8 Å². The van der Waals surface area contributed by atoms with Crippen molar-refractivity contribution in [2.24, 2.45) is 0 Å². The van der Waals surface area contributed by atoms with Crippen LogP contribution in [0.15, 0.2) is 24.3 Å². The molecule has 1 aromatic rings. The quantitative estimate of drug-likeness (QED) is 0.609. The maximum atomic E-state index is 11.0. The van der Waals surface area contributed by atoms with Gasteiger partial charge in [0.25, 0.3) is 0 Å². The number of rotatable bonds is 3. The molecule has 1 rings (SSSR count). The fraction of sp³-hybridized carbons (Fsp3) is 0.250. The van der Waals surface area contributed by atoms with Crippen molar-refractivity contribution in [1.29, 1.82) is 0 Å². The SMILES string of the molecule is CCOC(=O)C=Cc1ccc(O)c(C)c1. The maximum Gasteiger partial charge on any atom is 0.330 e. The van der Waals surface area contributed by atoms with Crippen LogP contribution in [-0.2, 0) is 9.53 Å². The lowest BCUT2D eigenvalue weighted by atomic mass is 10.1. The Kier molecular flexibility index (Phi) is 3.92. The number of phenolic OH excluding ortho intramolecular Hbond substituents is 1. The Hall–Kier alpha value is -1.77. The third-order valence-corrected chi connectivity index (χ3v) is 1.92. The second-order valence-electron chi connectivity index (χ2n) is 3.13. The van der Waals surface area contributed by atoms with E-state index < -0.39 is 0 Å². The van der Waals surface area contributed by atoms with Gasteiger partial charge in [-0.3, -0.25) is 0 Å². The summed E-state index contributed by atoms with van der Waals surface area (Å²) in [5.74, 6) is -0.105. The molecule has 0 amide bonds. The highest BCUT2D eigenvalue weighted by molar-refractivity contribution is 5.87. The minimum absolute atomic E-state index is 0.253. The van der Waals surface area contributed by atoms with Gasteiger partial charge in [0.1, 0.15) is 5.75 Å². The van der Waals surface area contributed by atoms with Gasteiger partial charge in [0.15, 0.2) is 0 Å². The first-order valence-corrected chi connectivity index (χ1v) is 4.78. The highest BCUT2D eigenvalue weighted by Gasteiger charge is 1.97. The molecule has 0 bridgehead atoms. The van der Waals surface area contributed by atoms with E-state index in [1.165, 1.54) is 6.08 Å². The minimum atomic E-state index is -0.358. The van der Waals surface area contributed by atoms with Crippen molar-refractivity contribution < 1.29 is 14.6 Å². The lowest BCUT2D eigenvalue weighted by molar-refractivity contribution is -0.137. The molecule has 15 heavy (non-hydrogen) atoms. The summed E-state index contributed by atoms with van der Waals surface area (Å²) in [6.45, 7) is 3.94. The van der Waals surface area contributed by atoms with E-state index in [0.717, 1.165) is 11.1 Å². The summed E-state index contributed by atoms with van der Waals surface area (Å²) in [7, 11) is 0. The Balaban J connectivity index is 2.72. The van der Waals surface area contributed by atoms with E-state index in [2.05, 4.69) is 0 Å². The smallest absolute Gasteiger partial charge is 0.330 e. The van der Waals surface area contributed by atoms with Gasteiger partial charge in [-0.2, -0.15) is 0 Å². The molecule has 1 N–H and O–H groups in total. The van der Waals surface area contributed by atoms with Gasteiger partial charge in [0.05, 0.1) is 6.61 Å². The Morgan fingerprint density at radius 3 is 2.87 bits per heavy atom. The zero-order valence-electron chi connectivity index (χ0n) is 8.86. The lowest BCUT2D eigenvalue weighted by Crippen LogP contribution is -1.98. The van der Waals surface area contributed by atoms with Gasteiger partial charge in [-0.1, -0.05) is 6.07 Å². The number of phenols is 1. The highest BCUT2D eigenvalue weighted by atomic mass is 16.5. The third-order valence-electron chi connectivity index (χ3n) is 1.92. The van der Waals surface area contributed by atoms with E-state index in [9.17, 15) is 9.90 Å². The highest BCUT2D eigenvalue weighted by Crippen LogP contribution is 2.17. The number of esters is 1. The molecule has 80 valence electrons. The third kappa shape index (κ3) is 3.46. The Labute approximate surface area is 89.0 Å². The van der Waals surface area contributed by atoms with Gasteiger partial charge in [0.2, 0.25) is 0 Å². The van der Waals surface area contributed by atoms with E-state index in [0.29, 0.717) is 6.61 Å². The molecule has 0 saturated heterocycles. The van der Waals surface area contributed by atoms with Crippen molar-refractivity contribution in [2.75, 3.05) is 6.61 Å². The predicted octanol–water partition coefficient (Wildman–Crippen LogP) is 2.28. The van der Waals surface area contributed by atoms with Crippen molar-refractivity contribution in [3.05, 3.63) is 35.4 Å². The summed E-state index contributed by atoms with van der Waals surface area (Å²) >= 11 is 0. The lowest BCUT2D eigenvalue weighted by Gasteiger charge is -1.99. The van der Waals surface area contributed by atoms with Crippen molar-refractivity contribution >= 4 is 12.0 Å². The van der Waals surface area contributed by atoms with Crippen LogP contribution in [0.25, 0.3) is 6.08 Å². The molecule has 0 aliphatic rings. The Morgan fingerprint density at radius 1 is 1.53 bits per heavy atom. The van der Waals surface area contributed by atoms with Gasteiger partial charge in [-0.15, -0.1) is 0 Å². The van der Waals surface area contributed by atoms with Gasteiger partial charge in [-0.25, -0.2) is 4.79 Å². The molecule has 0 heterocycles. The minimum Gasteiger partial charge on any atom is -0.508 e. The number of ether oxygens (including phenoxy) is 1. The summed E-state index contributed by atoms with van der Waals surface area (Å²) in [5.41, 5.74) is 1.64. The van der Waals surface area contributed by atoms with Crippen LogP contribution >= 0.6 is 0 Å². The van der Waals surface area contributed by atoms with Gasteiger partial charge in [0, 0.05) is 6.08 Å². The van der Waals surface area contributed by atoms with Crippen LogP contribution in [0.2, 0.25) is 0 Å². The normalized spacial score (nSPS) is 10.5. The average molecular weight is 206 g/mol. The summed E-state index contributed by atoms with van der Waals surface area (Å²) < 4.78 is 4.74. The Morgan fingerprint density at radius 2 is 2.27 bits per heavy atom. The molecule has 1 aromatic carbocycles. The molecule has 3 heteroatoms. The largest absolute Gasteiger partial charge is 0.508 e. The van der Waals surface area contributed by atoms with E-state index in [1.54, 1.807) is 38.1 Å². The maximum absolute atomic E-state index is 11.0.